The number of nitrogens with one attached hydrogen (secondary N) is 1. The van der Waals surface area contributed by atoms with E-state index >= 15 is 0 Å². The Hall–Kier alpha value is -4.21. The van der Waals surface area contributed by atoms with Crippen LogP contribution in [0, 0.1) is 26.6 Å². The van der Waals surface area contributed by atoms with Crippen LogP contribution in [0.2, 0.25) is 0 Å². The van der Waals surface area contributed by atoms with Crippen LogP contribution in [0.1, 0.15) is 27.6 Å². The van der Waals surface area contributed by atoms with Crippen LogP contribution in [-0.2, 0) is 0 Å². The van der Waals surface area contributed by atoms with Gasteiger partial charge in [-0.3, -0.25) is 9.59 Å². The highest BCUT2D eigenvalue weighted by atomic mass is 19.1. The van der Waals surface area contributed by atoms with E-state index in [2.05, 4.69) is 25.9 Å². The van der Waals surface area contributed by atoms with E-state index in [4.69, 9.17) is 0 Å². The van der Waals surface area contributed by atoms with Crippen LogP contribution in [0.15, 0.2) is 53.3 Å². The lowest BCUT2D eigenvalue weighted by atomic mass is 10.1. The van der Waals surface area contributed by atoms with Gasteiger partial charge in [-0.1, -0.05) is 18.2 Å². The maximum absolute atomic E-state index is 14.2. The van der Waals surface area contributed by atoms with E-state index in [1.54, 1.807) is 48.9 Å². The van der Waals surface area contributed by atoms with E-state index in [9.17, 15) is 14.0 Å². The molecule has 0 radical (unpaired) electrons. The van der Waals surface area contributed by atoms with Gasteiger partial charge in [0.15, 0.2) is 11.5 Å². The van der Waals surface area contributed by atoms with Crippen molar-refractivity contribution in [3.05, 3.63) is 87.3 Å². The number of amides is 1. The fourth-order valence-corrected chi connectivity index (χ4v) is 3.13. The Kier molecular flexibility index (Phi) is 5.12. The van der Waals surface area contributed by atoms with Crippen LogP contribution in [0.4, 0.5) is 10.1 Å². The summed E-state index contributed by atoms with van der Waals surface area (Å²) in [5.41, 5.74) is 1.63. The molecule has 0 fully saturated rings. The summed E-state index contributed by atoms with van der Waals surface area (Å²) < 4.78 is 17.0. The van der Waals surface area contributed by atoms with E-state index in [0.717, 1.165) is 5.56 Å². The summed E-state index contributed by atoms with van der Waals surface area (Å²) in [6.45, 7) is 5.26. The Morgan fingerprint density at radius 1 is 1.00 bits per heavy atom. The Balaban J connectivity index is 1.70. The van der Waals surface area contributed by atoms with Gasteiger partial charge in [0.2, 0.25) is 5.43 Å². The Labute approximate surface area is 176 Å². The van der Waals surface area contributed by atoms with E-state index < -0.39 is 17.2 Å². The maximum atomic E-state index is 14.2. The summed E-state index contributed by atoms with van der Waals surface area (Å²) in [4.78, 5) is 25.3. The number of rotatable bonds is 4. The van der Waals surface area contributed by atoms with Gasteiger partial charge >= 0.3 is 0 Å². The molecule has 9 nitrogen and oxygen atoms in total. The molecule has 0 atom stereocenters. The quantitative estimate of drug-likeness (QED) is 0.545. The second-order valence-corrected chi connectivity index (χ2v) is 6.96. The summed E-state index contributed by atoms with van der Waals surface area (Å²) in [5.74, 6) is -0.647. The van der Waals surface area contributed by atoms with E-state index in [1.165, 1.54) is 22.9 Å². The lowest BCUT2D eigenvalue weighted by Crippen LogP contribution is -2.27. The second-order valence-electron chi connectivity index (χ2n) is 6.96. The minimum atomic E-state index is -0.710. The number of aromatic nitrogens is 6. The molecule has 0 bridgehead atoms. The van der Waals surface area contributed by atoms with Gasteiger partial charge in [-0.05, 0) is 61.0 Å². The number of hydrogen-bond donors (Lipinski definition) is 1. The van der Waals surface area contributed by atoms with Gasteiger partial charge in [0.1, 0.15) is 11.5 Å². The fraction of sp³-hybridized carbons (Fsp3) is 0.143. The number of hydrogen-bond acceptors (Lipinski definition) is 6. The number of halogens is 1. The Morgan fingerprint density at radius 2 is 1.77 bits per heavy atom. The average molecular weight is 419 g/mol. The van der Waals surface area contributed by atoms with Crippen LogP contribution in [0.3, 0.4) is 0 Å². The summed E-state index contributed by atoms with van der Waals surface area (Å²) >= 11 is 0. The van der Waals surface area contributed by atoms with Crippen molar-refractivity contribution in [2.45, 2.75) is 20.8 Å². The standard InChI is InChI=1S/C21H18FN7O2/c1-12-8-9-15(11-18(12)29-14(3)24-26-27-29)23-21(31)20-19(30)10-13(2)28(25-20)17-7-5-4-6-16(17)22/h4-11H,1-3H3,(H,23,31). The van der Waals surface area contributed by atoms with Crippen molar-refractivity contribution in [1.29, 1.82) is 0 Å². The van der Waals surface area contributed by atoms with Crippen LogP contribution in [-0.4, -0.2) is 35.9 Å². The average Bonchev–Trinajstić information content (AvgIpc) is 3.16. The van der Waals surface area contributed by atoms with Crippen molar-refractivity contribution < 1.29 is 9.18 Å². The van der Waals surface area contributed by atoms with Crippen molar-refractivity contribution in [1.82, 2.24) is 30.0 Å². The van der Waals surface area contributed by atoms with Crippen molar-refractivity contribution in [3.63, 3.8) is 0 Å². The van der Waals surface area contributed by atoms with Gasteiger partial charge in [0.05, 0.1) is 5.69 Å². The topological polar surface area (TPSA) is 108 Å². The van der Waals surface area contributed by atoms with Crippen molar-refractivity contribution >= 4 is 11.6 Å². The molecule has 0 aliphatic heterocycles. The molecule has 0 aliphatic carbocycles. The Bertz CT molecular complexity index is 1360. The molecular weight excluding hydrogens is 401 g/mol. The normalized spacial score (nSPS) is 10.8. The number of carbonyl (C=O) groups excluding carboxylic acids is 1. The zero-order valence-corrected chi connectivity index (χ0v) is 17.0. The van der Waals surface area contributed by atoms with Crippen LogP contribution >= 0.6 is 0 Å². The summed E-state index contributed by atoms with van der Waals surface area (Å²) in [5, 5.41) is 18.2. The number of carbonyl (C=O) groups is 1. The summed E-state index contributed by atoms with van der Waals surface area (Å²) in [6.07, 6.45) is 0. The van der Waals surface area contributed by atoms with Crippen LogP contribution in [0.25, 0.3) is 11.4 Å². The number of aryl methyl sites for hydroxylation is 3. The zero-order chi connectivity index (χ0) is 22.1. The molecule has 156 valence electrons. The van der Waals surface area contributed by atoms with Crippen molar-refractivity contribution in [2.24, 2.45) is 0 Å². The van der Waals surface area contributed by atoms with Crippen LogP contribution < -0.4 is 10.7 Å². The molecule has 0 saturated carbocycles. The van der Waals surface area contributed by atoms with Gasteiger partial charge in [0, 0.05) is 17.4 Å². The van der Waals surface area contributed by atoms with Gasteiger partial charge in [-0.25, -0.2) is 9.07 Å². The largest absolute Gasteiger partial charge is 0.320 e. The van der Waals surface area contributed by atoms with Gasteiger partial charge in [-0.15, -0.1) is 5.10 Å². The number of nitrogens with zero attached hydrogens (tertiary/aromatic N) is 6. The molecule has 2 aromatic heterocycles. The van der Waals surface area contributed by atoms with E-state index in [0.29, 0.717) is 22.9 Å². The highest BCUT2D eigenvalue weighted by Gasteiger charge is 2.18. The minimum absolute atomic E-state index is 0.140. The zero-order valence-electron chi connectivity index (χ0n) is 17.0. The highest BCUT2D eigenvalue weighted by molar-refractivity contribution is 6.02. The first kappa shape index (κ1) is 20.1. The summed E-state index contributed by atoms with van der Waals surface area (Å²) in [6, 6.07) is 12.4. The fourth-order valence-electron chi connectivity index (χ4n) is 3.13. The molecule has 0 spiro atoms. The molecule has 0 aliphatic rings. The van der Waals surface area contributed by atoms with Crippen molar-refractivity contribution in [2.75, 3.05) is 5.32 Å². The molecule has 31 heavy (non-hydrogen) atoms. The molecule has 0 unspecified atom stereocenters. The number of anilines is 1. The first-order chi connectivity index (χ1) is 14.8. The Morgan fingerprint density at radius 3 is 2.48 bits per heavy atom. The molecule has 0 saturated heterocycles. The molecule has 10 heteroatoms. The molecule has 2 heterocycles. The van der Waals surface area contributed by atoms with Gasteiger partial charge < -0.3 is 5.32 Å². The SMILES string of the molecule is Cc1ccc(NC(=O)c2nn(-c3ccccc3F)c(C)cc2=O)cc1-n1nnnc1C. The maximum Gasteiger partial charge on any atom is 0.280 e. The third-order valence-electron chi connectivity index (χ3n) is 4.72. The number of tetrazole rings is 1. The third kappa shape index (κ3) is 3.82. The monoisotopic (exact) mass is 419 g/mol. The van der Waals surface area contributed by atoms with Gasteiger partial charge in [0.25, 0.3) is 5.91 Å². The lowest BCUT2D eigenvalue weighted by Gasteiger charge is -2.13. The first-order valence-electron chi connectivity index (χ1n) is 9.38. The smallest absolute Gasteiger partial charge is 0.280 e. The molecule has 1 amide bonds. The predicted octanol–water partition coefficient (Wildman–Crippen LogP) is 2.52. The molecular formula is C21H18FN7O2. The third-order valence-corrected chi connectivity index (χ3v) is 4.72. The van der Waals surface area contributed by atoms with Crippen molar-refractivity contribution in [3.8, 4) is 11.4 Å². The summed E-state index contributed by atoms with van der Waals surface area (Å²) in [7, 11) is 0. The second kappa shape index (κ2) is 7.90. The predicted molar refractivity (Wildman–Crippen MR) is 111 cm³/mol. The number of benzene rings is 2. The molecule has 4 rings (SSSR count). The molecule has 4 aromatic rings. The molecule has 1 N–H and O–H groups in total. The lowest BCUT2D eigenvalue weighted by molar-refractivity contribution is 0.101. The molecule has 2 aromatic carbocycles. The van der Waals surface area contributed by atoms with Crippen LogP contribution in [0.5, 0.6) is 0 Å². The van der Waals surface area contributed by atoms with Gasteiger partial charge in [-0.2, -0.15) is 9.78 Å². The highest BCUT2D eigenvalue weighted by Crippen LogP contribution is 2.20. The van der Waals surface area contributed by atoms with E-state index in [-0.39, 0.29) is 11.4 Å². The number of para-hydroxylation sites is 1. The van der Waals surface area contributed by atoms with E-state index in [1.807, 2.05) is 6.92 Å². The minimum Gasteiger partial charge on any atom is -0.320 e. The first-order valence-corrected chi connectivity index (χ1v) is 9.38.